The summed E-state index contributed by atoms with van der Waals surface area (Å²) in [7, 11) is 0. The summed E-state index contributed by atoms with van der Waals surface area (Å²) < 4.78 is 12.9. The van der Waals surface area contributed by atoms with Crippen LogP contribution in [0.25, 0.3) is 11.3 Å². The van der Waals surface area contributed by atoms with Crippen LogP contribution in [0.3, 0.4) is 0 Å². The van der Waals surface area contributed by atoms with Gasteiger partial charge in [-0.05, 0) is 36.2 Å². The molecule has 0 fully saturated rings. The van der Waals surface area contributed by atoms with Crippen molar-refractivity contribution in [1.29, 1.82) is 0 Å². The minimum atomic E-state index is -0.270. The molecule has 0 spiro atoms. The van der Waals surface area contributed by atoms with E-state index in [1.54, 1.807) is 24.3 Å². The molecule has 0 bridgehead atoms. The van der Waals surface area contributed by atoms with Gasteiger partial charge >= 0.3 is 0 Å². The molecule has 2 aromatic carbocycles. The Hall–Kier alpha value is -2.66. The molecule has 122 valence electrons. The molecular formula is C18H15ClFN3O. The number of benzene rings is 2. The zero-order valence-corrected chi connectivity index (χ0v) is 13.5. The van der Waals surface area contributed by atoms with Gasteiger partial charge in [0.1, 0.15) is 5.82 Å². The molecule has 24 heavy (non-hydrogen) atoms. The number of H-pyrrole nitrogens is 1. The van der Waals surface area contributed by atoms with Gasteiger partial charge in [-0.15, -0.1) is 0 Å². The number of nitrogens with zero attached hydrogens (tertiary/aromatic N) is 1. The van der Waals surface area contributed by atoms with Gasteiger partial charge in [-0.2, -0.15) is 5.10 Å². The average Bonchev–Trinajstić information content (AvgIpc) is 3.07. The lowest BCUT2D eigenvalue weighted by Gasteiger charge is -2.06. The summed E-state index contributed by atoms with van der Waals surface area (Å²) in [5.74, 6) is -0.482. The summed E-state index contributed by atoms with van der Waals surface area (Å²) in [6.45, 7) is 0.454. The zero-order chi connectivity index (χ0) is 16.9. The van der Waals surface area contributed by atoms with E-state index in [4.69, 9.17) is 11.6 Å². The monoisotopic (exact) mass is 343 g/mol. The molecule has 6 heteroatoms. The van der Waals surface area contributed by atoms with Gasteiger partial charge in [0.2, 0.25) is 0 Å². The summed E-state index contributed by atoms with van der Waals surface area (Å²) in [4.78, 5) is 12.4. The molecule has 0 saturated carbocycles. The summed E-state index contributed by atoms with van der Waals surface area (Å²) in [6, 6.07) is 13.4. The summed E-state index contributed by atoms with van der Waals surface area (Å²) in [5, 5.41) is 10.3. The molecule has 0 aliphatic rings. The molecule has 0 saturated heterocycles. The molecular weight excluding hydrogens is 329 g/mol. The summed E-state index contributed by atoms with van der Waals surface area (Å²) in [6.07, 6.45) is 2.12. The van der Waals surface area contributed by atoms with Gasteiger partial charge in [0.05, 0.1) is 17.5 Å². The van der Waals surface area contributed by atoms with E-state index in [1.807, 2.05) is 12.1 Å². The minimum absolute atomic E-state index is 0.212. The van der Waals surface area contributed by atoms with Gasteiger partial charge in [-0.1, -0.05) is 35.9 Å². The Labute approximate surface area is 143 Å². The summed E-state index contributed by atoms with van der Waals surface area (Å²) >= 11 is 5.88. The molecule has 0 unspecified atom stereocenters. The molecule has 3 rings (SSSR count). The number of nitrogens with one attached hydrogen (secondary N) is 2. The van der Waals surface area contributed by atoms with Crippen molar-refractivity contribution in [2.75, 3.05) is 6.54 Å². The Bertz CT molecular complexity index is 828. The van der Waals surface area contributed by atoms with Gasteiger partial charge in [0, 0.05) is 17.1 Å². The SMILES string of the molecule is O=C(NCCc1ccc(F)cc1)c1cn[nH]c1-c1ccc(Cl)cc1. The van der Waals surface area contributed by atoms with Gasteiger partial charge in [0.25, 0.3) is 5.91 Å². The fourth-order valence-corrected chi connectivity index (χ4v) is 2.49. The summed E-state index contributed by atoms with van der Waals surface area (Å²) in [5.41, 5.74) is 2.91. The highest BCUT2D eigenvalue weighted by Gasteiger charge is 2.14. The average molecular weight is 344 g/mol. The highest BCUT2D eigenvalue weighted by atomic mass is 35.5. The van der Waals surface area contributed by atoms with Crippen LogP contribution in [0, 0.1) is 5.82 Å². The predicted molar refractivity (Wildman–Crippen MR) is 91.5 cm³/mol. The largest absolute Gasteiger partial charge is 0.352 e. The highest BCUT2D eigenvalue weighted by Crippen LogP contribution is 2.22. The second-order valence-electron chi connectivity index (χ2n) is 5.30. The topological polar surface area (TPSA) is 57.8 Å². The van der Waals surface area contributed by atoms with E-state index in [0.29, 0.717) is 29.2 Å². The van der Waals surface area contributed by atoms with Crippen LogP contribution in [0.1, 0.15) is 15.9 Å². The van der Waals surface area contributed by atoms with E-state index in [9.17, 15) is 9.18 Å². The van der Waals surface area contributed by atoms with Gasteiger partial charge < -0.3 is 5.32 Å². The van der Waals surface area contributed by atoms with Crippen molar-refractivity contribution in [2.45, 2.75) is 6.42 Å². The van der Waals surface area contributed by atoms with E-state index >= 15 is 0 Å². The van der Waals surface area contributed by atoms with E-state index in [1.165, 1.54) is 18.3 Å². The zero-order valence-electron chi connectivity index (χ0n) is 12.7. The minimum Gasteiger partial charge on any atom is -0.352 e. The van der Waals surface area contributed by atoms with Crippen molar-refractivity contribution >= 4 is 17.5 Å². The molecule has 0 atom stereocenters. The van der Waals surface area contributed by atoms with Crippen LogP contribution in [0.2, 0.25) is 5.02 Å². The van der Waals surface area contributed by atoms with Crippen LogP contribution < -0.4 is 5.32 Å². The third-order valence-electron chi connectivity index (χ3n) is 3.63. The van der Waals surface area contributed by atoms with Crippen LogP contribution in [-0.4, -0.2) is 22.6 Å². The Balaban J connectivity index is 1.64. The van der Waals surface area contributed by atoms with Crippen LogP contribution >= 0.6 is 11.6 Å². The number of amides is 1. The molecule has 3 aromatic rings. The second-order valence-corrected chi connectivity index (χ2v) is 5.73. The number of carbonyl (C=O) groups excluding carboxylic acids is 1. The molecule has 1 aromatic heterocycles. The van der Waals surface area contributed by atoms with Crippen molar-refractivity contribution in [1.82, 2.24) is 15.5 Å². The van der Waals surface area contributed by atoms with E-state index in [-0.39, 0.29) is 11.7 Å². The second kappa shape index (κ2) is 7.27. The molecule has 4 nitrogen and oxygen atoms in total. The standard InChI is InChI=1S/C18H15ClFN3O/c19-14-5-3-13(4-6-14)17-16(11-22-23-17)18(24)21-10-9-12-1-7-15(20)8-2-12/h1-8,11H,9-10H2,(H,21,24)(H,22,23). The van der Waals surface area contributed by atoms with Crippen molar-refractivity contribution < 1.29 is 9.18 Å². The first-order valence-corrected chi connectivity index (χ1v) is 7.83. The molecule has 0 aliphatic carbocycles. The van der Waals surface area contributed by atoms with Crippen LogP contribution in [0.15, 0.2) is 54.7 Å². The predicted octanol–water partition coefficient (Wildman–Crippen LogP) is 3.84. The van der Waals surface area contributed by atoms with Crippen molar-refractivity contribution in [2.24, 2.45) is 0 Å². The number of rotatable bonds is 5. The maximum Gasteiger partial charge on any atom is 0.255 e. The van der Waals surface area contributed by atoms with Crippen LogP contribution in [0.5, 0.6) is 0 Å². The third-order valence-corrected chi connectivity index (χ3v) is 3.88. The lowest BCUT2D eigenvalue weighted by molar-refractivity contribution is 0.0955. The van der Waals surface area contributed by atoms with Gasteiger partial charge in [-0.25, -0.2) is 4.39 Å². The number of aromatic amines is 1. The number of hydrogen-bond acceptors (Lipinski definition) is 2. The normalized spacial score (nSPS) is 10.6. The maximum absolute atomic E-state index is 12.9. The highest BCUT2D eigenvalue weighted by molar-refractivity contribution is 6.30. The molecule has 2 N–H and O–H groups in total. The van der Waals surface area contributed by atoms with Crippen molar-refractivity contribution in [3.63, 3.8) is 0 Å². The number of halogens is 2. The Morgan fingerprint density at radius 2 is 1.83 bits per heavy atom. The van der Waals surface area contributed by atoms with Crippen molar-refractivity contribution in [3.05, 3.63) is 76.7 Å². The first-order chi connectivity index (χ1) is 11.6. The van der Waals surface area contributed by atoms with Gasteiger partial charge in [0.15, 0.2) is 0 Å². The Kier molecular flexibility index (Phi) is 4.91. The van der Waals surface area contributed by atoms with E-state index < -0.39 is 0 Å². The molecule has 1 heterocycles. The van der Waals surface area contributed by atoms with Gasteiger partial charge in [-0.3, -0.25) is 9.89 Å². The van der Waals surface area contributed by atoms with E-state index in [0.717, 1.165) is 11.1 Å². The molecule has 1 amide bonds. The van der Waals surface area contributed by atoms with Crippen LogP contribution in [0.4, 0.5) is 4.39 Å². The lowest BCUT2D eigenvalue weighted by Crippen LogP contribution is -2.25. The smallest absolute Gasteiger partial charge is 0.255 e. The number of carbonyl (C=O) groups is 1. The van der Waals surface area contributed by atoms with E-state index in [2.05, 4.69) is 15.5 Å². The molecule has 0 aliphatic heterocycles. The first-order valence-electron chi connectivity index (χ1n) is 7.45. The Morgan fingerprint density at radius 1 is 1.12 bits per heavy atom. The first kappa shape index (κ1) is 16.2. The number of hydrogen-bond donors (Lipinski definition) is 2. The lowest BCUT2D eigenvalue weighted by atomic mass is 10.1. The number of aromatic nitrogens is 2. The Morgan fingerprint density at radius 3 is 2.54 bits per heavy atom. The van der Waals surface area contributed by atoms with Crippen molar-refractivity contribution in [3.8, 4) is 11.3 Å². The maximum atomic E-state index is 12.9. The molecule has 0 radical (unpaired) electrons. The third kappa shape index (κ3) is 3.81. The fourth-order valence-electron chi connectivity index (χ4n) is 2.36. The quantitative estimate of drug-likeness (QED) is 0.739. The fraction of sp³-hybridized carbons (Fsp3) is 0.111. The van der Waals surface area contributed by atoms with Crippen LogP contribution in [-0.2, 0) is 6.42 Å².